The van der Waals surface area contributed by atoms with Crippen LogP contribution in [0.25, 0.3) is 0 Å². The third-order valence-corrected chi connectivity index (χ3v) is 6.01. The number of carbonyl (C=O) groups excluding carboxylic acids is 1. The molecule has 3 rings (SSSR count). The van der Waals surface area contributed by atoms with Crippen molar-refractivity contribution in [3.8, 4) is 11.5 Å². The highest BCUT2D eigenvalue weighted by molar-refractivity contribution is 5.76. The lowest BCUT2D eigenvalue weighted by Gasteiger charge is -2.31. The topological polar surface area (TPSA) is 80.3 Å². The fraction of sp³-hybridized carbons (Fsp3) is 0.519. The Labute approximate surface area is 203 Å². The normalized spacial score (nSPS) is 20.4. The zero-order chi connectivity index (χ0) is 24.7. The van der Waals surface area contributed by atoms with E-state index in [4.69, 9.17) is 14.2 Å². The standard InChI is InChI=1S/C27H38N2O5/c1-27(2,3)14-25(30)28-15-24-26(31)23(18-34-24)29(16-19-6-10-21(32-4)11-7-19)17-20-8-12-22(33-5)13-9-20/h6-13,23-24,26,31H,14-18H2,1-5H3,(H,28,30)/t23-,24-,26+/m1/s1. The van der Waals surface area contributed by atoms with E-state index in [1.54, 1.807) is 14.2 Å². The Bertz CT molecular complexity index is 859. The Morgan fingerprint density at radius 2 is 1.50 bits per heavy atom. The minimum atomic E-state index is -0.716. The molecule has 0 saturated carbocycles. The average molecular weight is 471 g/mol. The first-order valence-corrected chi connectivity index (χ1v) is 11.7. The lowest BCUT2D eigenvalue weighted by molar-refractivity contribution is -0.123. The third kappa shape index (κ3) is 7.45. The Morgan fingerprint density at radius 1 is 1.00 bits per heavy atom. The average Bonchev–Trinajstić information content (AvgIpc) is 3.17. The first-order chi connectivity index (χ1) is 16.2. The molecule has 1 fully saturated rings. The highest BCUT2D eigenvalue weighted by atomic mass is 16.5. The molecule has 0 spiro atoms. The van der Waals surface area contributed by atoms with Gasteiger partial charge in [-0.1, -0.05) is 45.0 Å². The number of nitrogens with zero attached hydrogens (tertiary/aromatic N) is 1. The van der Waals surface area contributed by atoms with Crippen molar-refractivity contribution in [3.05, 3.63) is 59.7 Å². The van der Waals surface area contributed by atoms with Crippen LogP contribution in [-0.2, 0) is 22.6 Å². The fourth-order valence-electron chi connectivity index (χ4n) is 4.15. The number of carbonyl (C=O) groups is 1. The summed E-state index contributed by atoms with van der Waals surface area (Å²) in [6.45, 7) is 8.06. The predicted octanol–water partition coefficient (Wildman–Crippen LogP) is 3.39. The van der Waals surface area contributed by atoms with Gasteiger partial charge in [-0.25, -0.2) is 0 Å². The summed E-state index contributed by atoms with van der Waals surface area (Å²) < 4.78 is 16.5. The van der Waals surface area contributed by atoms with Crippen LogP contribution < -0.4 is 14.8 Å². The number of hydrogen-bond donors (Lipinski definition) is 2. The summed E-state index contributed by atoms with van der Waals surface area (Å²) >= 11 is 0. The van der Waals surface area contributed by atoms with E-state index in [0.717, 1.165) is 22.6 Å². The fourth-order valence-corrected chi connectivity index (χ4v) is 4.15. The number of aliphatic hydroxyl groups excluding tert-OH is 1. The van der Waals surface area contributed by atoms with Gasteiger partial charge in [-0.05, 0) is 40.8 Å². The number of ether oxygens (including phenoxy) is 3. The van der Waals surface area contributed by atoms with Crippen molar-refractivity contribution in [2.75, 3.05) is 27.4 Å². The minimum Gasteiger partial charge on any atom is -0.497 e. The zero-order valence-corrected chi connectivity index (χ0v) is 20.9. The molecule has 1 aliphatic rings. The summed E-state index contributed by atoms with van der Waals surface area (Å²) in [5.41, 5.74) is 2.14. The quantitative estimate of drug-likeness (QED) is 0.554. The van der Waals surface area contributed by atoms with Gasteiger partial charge in [-0.15, -0.1) is 0 Å². The number of aliphatic hydroxyl groups is 1. The molecule has 0 aliphatic carbocycles. The summed E-state index contributed by atoms with van der Waals surface area (Å²) in [5.74, 6) is 1.58. The summed E-state index contributed by atoms with van der Waals surface area (Å²) in [4.78, 5) is 14.5. The molecule has 1 heterocycles. The Hall–Kier alpha value is -2.61. The van der Waals surface area contributed by atoms with E-state index >= 15 is 0 Å². The smallest absolute Gasteiger partial charge is 0.220 e. The van der Waals surface area contributed by atoms with E-state index in [1.807, 2.05) is 69.3 Å². The molecule has 1 saturated heterocycles. The highest BCUT2D eigenvalue weighted by Gasteiger charge is 2.39. The van der Waals surface area contributed by atoms with Gasteiger partial charge in [0.2, 0.25) is 5.91 Å². The molecule has 186 valence electrons. The minimum absolute atomic E-state index is 0.0277. The molecule has 1 amide bonds. The maximum Gasteiger partial charge on any atom is 0.220 e. The molecule has 0 unspecified atom stereocenters. The first-order valence-electron chi connectivity index (χ1n) is 11.7. The van der Waals surface area contributed by atoms with E-state index in [9.17, 15) is 9.90 Å². The summed E-state index contributed by atoms with van der Waals surface area (Å²) in [6, 6.07) is 15.7. The highest BCUT2D eigenvalue weighted by Crippen LogP contribution is 2.25. The summed E-state index contributed by atoms with van der Waals surface area (Å²) in [5, 5.41) is 14.1. The van der Waals surface area contributed by atoms with Gasteiger partial charge < -0.3 is 24.6 Å². The largest absolute Gasteiger partial charge is 0.497 e. The van der Waals surface area contributed by atoms with Crippen molar-refractivity contribution in [1.82, 2.24) is 10.2 Å². The second kappa shape index (κ2) is 11.7. The van der Waals surface area contributed by atoms with E-state index < -0.39 is 12.2 Å². The molecule has 0 aromatic heterocycles. The van der Waals surface area contributed by atoms with Gasteiger partial charge in [-0.2, -0.15) is 0 Å². The van der Waals surface area contributed by atoms with E-state index in [1.165, 1.54) is 0 Å². The van der Waals surface area contributed by atoms with Gasteiger partial charge in [0.25, 0.3) is 0 Å². The summed E-state index contributed by atoms with van der Waals surface area (Å²) in [6.07, 6.45) is -0.727. The third-order valence-electron chi connectivity index (χ3n) is 6.01. The Kier molecular flexibility index (Phi) is 8.94. The predicted molar refractivity (Wildman–Crippen MR) is 132 cm³/mol. The van der Waals surface area contributed by atoms with Gasteiger partial charge in [0, 0.05) is 26.1 Å². The van der Waals surface area contributed by atoms with Crippen LogP contribution in [0.3, 0.4) is 0 Å². The second-order valence-electron chi connectivity index (χ2n) is 10.1. The van der Waals surface area contributed by atoms with Crippen molar-refractivity contribution >= 4 is 5.91 Å². The van der Waals surface area contributed by atoms with E-state index in [2.05, 4.69) is 10.2 Å². The molecular formula is C27H38N2O5. The molecule has 2 aromatic carbocycles. The molecule has 7 nitrogen and oxygen atoms in total. The van der Waals surface area contributed by atoms with Gasteiger partial charge in [0.05, 0.1) is 33.0 Å². The van der Waals surface area contributed by atoms with Gasteiger partial charge in [-0.3, -0.25) is 9.69 Å². The number of methoxy groups -OCH3 is 2. The number of amides is 1. The van der Waals surface area contributed by atoms with Crippen LogP contribution in [-0.4, -0.2) is 61.5 Å². The molecule has 0 radical (unpaired) electrons. The lowest BCUT2D eigenvalue weighted by atomic mass is 9.92. The zero-order valence-electron chi connectivity index (χ0n) is 20.9. The van der Waals surface area contributed by atoms with Crippen molar-refractivity contribution < 1.29 is 24.1 Å². The molecule has 0 bridgehead atoms. The van der Waals surface area contributed by atoms with E-state index in [-0.39, 0.29) is 17.4 Å². The van der Waals surface area contributed by atoms with Crippen LogP contribution in [0.4, 0.5) is 0 Å². The number of nitrogens with one attached hydrogen (secondary N) is 1. The van der Waals surface area contributed by atoms with Crippen molar-refractivity contribution in [1.29, 1.82) is 0 Å². The molecule has 1 aliphatic heterocycles. The number of benzene rings is 2. The van der Waals surface area contributed by atoms with Crippen LogP contribution in [0.5, 0.6) is 11.5 Å². The second-order valence-corrected chi connectivity index (χ2v) is 10.1. The molecule has 7 heteroatoms. The Balaban J connectivity index is 1.70. The monoisotopic (exact) mass is 470 g/mol. The van der Waals surface area contributed by atoms with Crippen LogP contribution in [0.2, 0.25) is 0 Å². The van der Waals surface area contributed by atoms with Gasteiger partial charge in [0.1, 0.15) is 17.6 Å². The number of hydrogen-bond acceptors (Lipinski definition) is 6. The SMILES string of the molecule is COc1ccc(CN(Cc2ccc(OC)cc2)[C@@H]2CO[C@H](CNC(=O)CC(C)(C)C)[C@H]2O)cc1. The van der Waals surface area contributed by atoms with Crippen molar-refractivity contribution in [2.24, 2.45) is 5.41 Å². The molecule has 2 N–H and O–H groups in total. The van der Waals surface area contributed by atoms with Crippen LogP contribution >= 0.6 is 0 Å². The summed E-state index contributed by atoms with van der Waals surface area (Å²) in [7, 11) is 3.30. The lowest BCUT2D eigenvalue weighted by Crippen LogP contribution is -2.46. The molecule has 2 aromatic rings. The van der Waals surface area contributed by atoms with Crippen LogP contribution in [0, 0.1) is 5.41 Å². The van der Waals surface area contributed by atoms with E-state index in [0.29, 0.717) is 32.7 Å². The Morgan fingerprint density at radius 3 is 1.94 bits per heavy atom. The molecular weight excluding hydrogens is 432 g/mol. The first kappa shape index (κ1) is 26.0. The van der Waals surface area contributed by atoms with Gasteiger partial charge >= 0.3 is 0 Å². The van der Waals surface area contributed by atoms with Crippen molar-refractivity contribution in [3.63, 3.8) is 0 Å². The van der Waals surface area contributed by atoms with Crippen LogP contribution in [0.1, 0.15) is 38.3 Å². The van der Waals surface area contributed by atoms with Crippen LogP contribution in [0.15, 0.2) is 48.5 Å². The van der Waals surface area contributed by atoms with Crippen molar-refractivity contribution in [2.45, 2.75) is 58.5 Å². The maximum absolute atomic E-state index is 12.2. The molecule has 34 heavy (non-hydrogen) atoms. The maximum atomic E-state index is 12.2. The molecule has 3 atom stereocenters. The number of rotatable bonds is 10. The van der Waals surface area contributed by atoms with Gasteiger partial charge in [0.15, 0.2) is 0 Å².